The van der Waals surface area contributed by atoms with Crippen LogP contribution in [-0.2, 0) is 11.2 Å². The molecule has 0 unspecified atom stereocenters. The fraction of sp³-hybridized carbons (Fsp3) is 0.353. The molecule has 118 valence electrons. The monoisotopic (exact) mass is 321 g/mol. The van der Waals surface area contributed by atoms with Gasteiger partial charge in [0.1, 0.15) is 11.9 Å². The number of benzene rings is 1. The van der Waals surface area contributed by atoms with Crippen molar-refractivity contribution in [3.8, 4) is 0 Å². The molecule has 0 saturated carbocycles. The normalized spacial score (nSPS) is 12.9. The molecule has 1 atom stereocenters. The molecule has 0 aliphatic heterocycles. The number of carbonyl (C=O) groups excluding carboxylic acids is 1. The number of carbonyl (C=O) groups is 1. The van der Waals surface area contributed by atoms with Crippen LogP contribution >= 0.6 is 11.6 Å². The minimum atomic E-state index is -0.846. The average Bonchev–Trinajstić information content (AvgIpc) is 2.98. The van der Waals surface area contributed by atoms with Gasteiger partial charge in [-0.15, -0.1) is 0 Å². The Morgan fingerprint density at radius 1 is 1.36 bits per heavy atom. The van der Waals surface area contributed by atoms with Gasteiger partial charge in [0.05, 0.1) is 12.8 Å². The van der Waals surface area contributed by atoms with Crippen molar-refractivity contribution in [2.24, 2.45) is 5.41 Å². The van der Waals surface area contributed by atoms with Crippen LogP contribution in [0.1, 0.15) is 31.3 Å². The van der Waals surface area contributed by atoms with Crippen LogP contribution in [0.25, 0.3) is 0 Å². The van der Waals surface area contributed by atoms with Crippen molar-refractivity contribution < 1.29 is 14.3 Å². The Labute approximate surface area is 135 Å². The van der Waals surface area contributed by atoms with E-state index in [0.717, 1.165) is 5.56 Å². The van der Waals surface area contributed by atoms with E-state index in [4.69, 9.17) is 16.0 Å². The smallest absolute Gasteiger partial charge is 0.226 e. The first-order chi connectivity index (χ1) is 10.4. The second-order valence-corrected chi connectivity index (χ2v) is 6.37. The largest absolute Gasteiger partial charge is 0.467 e. The zero-order chi connectivity index (χ0) is 16.2. The molecule has 1 aromatic heterocycles. The van der Waals surface area contributed by atoms with Crippen LogP contribution in [0.3, 0.4) is 0 Å². The molecule has 0 saturated heterocycles. The summed E-state index contributed by atoms with van der Waals surface area (Å²) in [4.78, 5) is 12.3. The number of aliphatic hydroxyl groups excluding tert-OH is 1. The third-order valence-corrected chi connectivity index (χ3v) is 3.71. The lowest BCUT2D eigenvalue weighted by Crippen LogP contribution is -2.40. The number of amides is 1. The van der Waals surface area contributed by atoms with E-state index in [-0.39, 0.29) is 12.5 Å². The summed E-state index contributed by atoms with van der Waals surface area (Å²) in [6.45, 7) is 3.84. The Bertz CT molecular complexity index is 623. The highest BCUT2D eigenvalue weighted by molar-refractivity contribution is 6.30. The van der Waals surface area contributed by atoms with Crippen molar-refractivity contribution in [2.75, 3.05) is 6.54 Å². The number of hydrogen-bond donors (Lipinski definition) is 2. The lowest BCUT2D eigenvalue weighted by Gasteiger charge is -2.24. The Morgan fingerprint density at radius 2 is 2.14 bits per heavy atom. The minimum Gasteiger partial charge on any atom is -0.467 e. The molecule has 0 spiro atoms. The van der Waals surface area contributed by atoms with Crippen LogP contribution in [-0.4, -0.2) is 17.6 Å². The molecule has 2 N–H and O–H groups in total. The van der Waals surface area contributed by atoms with Gasteiger partial charge in [-0.1, -0.05) is 37.6 Å². The van der Waals surface area contributed by atoms with Gasteiger partial charge in [0.15, 0.2) is 0 Å². The predicted octanol–water partition coefficient (Wildman–Crippen LogP) is 3.35. The Hall–Kier alpha value is -1.78. The highest BCUT2D eigenvalue weighted by Crippen LogP contribution is 2.24. The molecular weight excluding hydrogens is 302 g/mol. The predicted molar refractivity (Wildman–Crippen MR) is 85.6 cm³/mol. The summed E-state index contributed by atoms with van der Waals surface area (Å²) in [6.07, 6.45) is 1.21. The van der Waals surface area contributed by atoms with Crippen molar-refractivity contribution in [1.29, 1.82) is 0 Å². The van der Waals surface area contributed by atoms with Gasteiger partial charge in [-0.25, -0.2) is 0 Å². The van der Waals surface area contributed by atoms with Crippen molar-refractivity contribution in [3.63, 3.8) is 0 Å². The van der Waals surface area contributed by atoms with Gasteiger partial charge in [-0.05, 0) is 36.2 Å². The second kappa shape index (κ2) is 6.99. The molecule has 4 nitrogen and oxygen atoms in total. The van der Waals surface area contributed by atoms with Crippen molar-refractivity contribution in [2.45, 2.75) is 26.4 Å². The first-order valence-electron chi connectivity index (χ1n) is 7.13. The molecule has 0 aliphatic carbocycles. The van der Waals surface area contributed by atoms with E-state index in [2.05, 4.69) is 5.32 Å². The van der Waals surface area contributed by atoms with Gasteiger partial charge in [-0.2, -0.15) is 0 Å². The first kappa shape index (κ1) is 16.6. The summed E-state index contributed by atoms with van der Waals surface area (Å²) in [5, 5.41) is 13.3. The van der Waals surface area contributed by atoms with E-state index in [1.807, 2.05) is 32.0 Å². The number of rotatable bonds is 6. The zero-order valence-corrected chi connectivity index (χ0v) is 13.4. The Balaban J connectivity index is 1.92. The maximum absolute atomic E-state index is 12.3. The van der Waals surface area contributed by atoms with Crippen molar-refractivity contribution in [3.05, 3.63) is 59.0 Å². The van der Waals surface area contributed by atoms with Crippen molar-refractivity contribution >= 4 is 17.5 Å². The van der Waals surface area contributed by atoms with Gasteiger partial charge in [0, 0.05) is 10.4 Å². The SMILES string of the molecule is CC(C)(Cc1cccc(Cl)c1)C(=O)NC[C@H](O)c1ccco1. The Kier molecular flexibility index (Phi) is 5.27. The van der Waals surface area contributed by atoms with Gasteiger partial charge in [0.2, 0.25) is 5.91 Å². The van der Waals surface area contributed by atoms with Crippen LogP contribution in [0, 0.1) is 5.41 Å². The molecule has 1 aromatic carbocycles. The molecule has 1 amide bonds. The highest BCUT2D eigenvalue weighted by atomic mass is 35.5. The quantitative estimate of drug-likeness (QED) is 0.857. The molecule has 22 heavy (non-hydrogen) atoms. The lowest BCUT2D eigenvalue weighted by atomic mass is 9.85. The van der Waals surface area contributed by atoms with E-state index in [0.29, 0.717) is 17.2 Å². The third kappa shape index (κ3) is 4.36. The summed E-state index contributed by atoms with van der Waals surface area (Å²) in [5.74, 6) is 0.311. The van der Waals surface area contributed by atoms with E-state index >= 15 is 0 Å². The fourth-order valence-corrected chi connectivity index (χ4v) is 2.46. The van der Waals surface area contributed by atoms with Crippen LogP contribution in [0.15, 0.2) is 47.1 Å². The van der Waals surface area contributed by atoms with E-state index in [1.165, 1.54) is 6.26 Å². The summed E-state index contributed by atoms with van der Waals surface area (Å²) >= 11 is 5.97. The summed E-state index contributed by atoms with van der Waals surface area (Å²) in [6, 6.07) is 10.8. The van der Waals surface area contributed by atoms with E-state index in [9.17, 15) is 9.90 Å². The number of hydrogen-bond acceptors (Lipinski definition) is 3. The van der Waals surface area contributed by atoms with Gasteiger partial charge in [0.25, 0.3) is 0 Å². The molecule has 2 aromatic rings. The third-order valence-electron chi connectivity index (χ3n) is 3.48. The molecule has 5 heteroatoms. The standard InChI is InChI=1S/C17H20ClNO3/c1-17(2,10-12-5-3-6-13(18)9-12)16(21)19-11-14(20)15-7-4-8-22-15/h3-9,14,20H,10-11H2,1-2H3,(H,19,21)/t14-/m0/s1. The van der Waals surface area contributed by atoms with Gasteiger partial charge in [-0.3, -0.25) is 4.79 Å². The van der Waals surface area contributed by atoms with Crippen LogP contribution < -0.4 is 5.32 Å². The highest BCUT2D eigenvalue weighted by Gasteiger charge is 2.28. The Morgan fingerprint density at radius 3 is 2.77 bits per heavy atom. The topological polar surface area (TPSA) is 62.5 Å². The summed E-state index contributed by atoms with van der Waals surface area (Å²) in [5.41, 5.74) is 0.396. The molecule has 0 fully saturated rings. The summed E-state index contributed by atoms with van der Waals surface area (Å²) < 4.78 is 5.11. The second-order valence-electron chi connectivity index (χ2n) is 5.93. The molecular formula is C17H20ClNO3. The molecule has 0 aliphatic rings. The first-order valence-corrected chi connectivity index (χ1v) is 7.50. The number of halogens is 1. The van der Waals surface area contributed by atoms with Crippen LogP contribution in [0.5, 0.6) is 0 Å². The zero-order valence-electron chi connectivity index (χ0n) is 12.7. The summed E-state index contributed by atoms with van der Waals surface area (Å²) in [7, 11) is 0. The number of aliphatic hydroxyl groups is 1. The maximum Gasteiger partial charge on any atom is 0.226 e. The molecule has 1 heterocycles. The molecule has 2 rings (SSSR count). The van der Waals surface area contributed by atoms with Crippen LogP contribution in [0.4, 0.5) is 0 Å². The number of nitrogens with one attached hydrogen (secondary N) is 1. The lowest BCUT2D eigenvalue weighted by molar-refractivity contribution is -0.129. The molecule has 0 bridgehead atoms. The van der Waals surface area contributed by atoms with Gasteiger partial charge >= 0.3 is 0 Å². The van der Waals surface area contributed by atoms with E-state index in [1.54, 1.807) is 18.2 Å². The van der Waals surface area contributed by atoms with Gasteiger partial charge < -0.3 is 14.8 Å². The number of furan rings is 1. The van der Waals surface area contributed by atoms with E-state index < -0.39 is 11.5 Å². The maximum atomic E-state index is 12.3. The molecule has 0 radical (unpaired) electrons. The van der Waals surface area contributed by atoms with Crippen LogP contribution in [0.2, 0.25) is 5.02 Å². The van der Waals surface area contributed by atoms with Crippen molar-refractivity contribution in [1.82, 2.24) is 5.32 Å². The average molecular weight is 322 g/mol. The fourth-order valence-electron chi connectivity index (χ4n) is 2.25. The minimum absolute atomic E-state index is 0.116.